The van der Waals surface area contributed by atoms with E-state index in [-0.39, 0.29) is 17.7 Å². The lowest BCUT2D eigenvalue weighted by molar-refractivity contribution is -0.134. The summed E-state index contributed by atoms with van der Waals surface area (Å²) < 4.78 is 1.59. The molecule has 2 aliphatic heterocycles. The maximum atomic E-state index is 13.0. The maximum absolute atomic E-state index is 13.0. The Morgan fingerprint density at radius 1 is 1.20 bits per heavy atom. The van der Waals surface area contributed by atoms with Gasteiger partial charge in [-0.05, 0) is 18.1 Å². The molecule has 0 unspecified atom stereocenters. The Hall–Kier alpha value is -2.63. The number of likely N-dealkylation sites (tertiary alicyclic amines) is 2. The smallest absolute Gasteiger partial charge is 0.272 e. The van der Waals surface area contributed by atoms with E-state index in [1.54, 1.807) is 24.0 Å². The molecule has 1 aromatic carbocycles. The van der Waals surface area contributed by atoms with Crippen molar-refractivity contribution in [2.45, 2.75) is 12.3 Å². The number of hydrogen-bond donors (Lipinski definition) is 0. The van der Waals surface area contributed by atoms with E-state index in [2.05, 4.69) is 17.2 Å². The Kier molecular flexibility index (Phi) is 3.63. The summed E-state index contributed by atoms with van der Waals surface area (Å²) in [5, 5.41) is 4.08. The van der Waals surface area contributed by atoms with Gasteiger partial charge in [-0.25, -0.2) is 0 Å². The average molecular weight is 338 g/mol. The van der Waals surface area contributed by atoms with Gasteiger partial charge in [-0.1, -0.05) is 30.3 Å². The summed E-state index contributed by atoms with van der Waals surface area (Å²) in [5.41, 5.74) is 1.23. The summed E-state index contributed by atoms with van der Waals surface area (Å²) in [4.78, 5) is 29.5. The quantitative estimate of drug-likeness (QED) is 0.834. The van der Waals surface area contributed by atoms with Gasteiger partial charge in [-0.2, -0.15) is 5.10 Å². The van der Waals surface area contributed by atoms with E-state index in [0.717, 1.165) is 0 Å². The Morgan fingerprint density at radius 3 is 2.64 bits per heavy atom. The zero-order valence-corrected chi connectivity index (χ0v) is 14.6. The first-order chi connectivity index (χ1) is 12.0. The SMILES string of the molecule is CN1C[C@@H](c2ccccc2)[C@]2(CCN(C(=O)c3ccnn3C)C2)C1=O. The summed E-state index contributed by atoms with van der Waals surface area (Å²) in [6.45, 7) is 1.78. The van der Waals surface area contributed by atoms with Crippen molar-refractivity contribution in [1.82, 2.24) is 19.6 Å². The lowest BCUT2D eigenvalue weighted by Crippen LogP contribution is -2.39. The van der Waals surface area contributed by atoms with Gasteiger partial charge >= 0.3 is 0 Å². The molecule has 0 bridgehead atoms. The number of likely N-dealkylation sites (N-methyl/N-ethyl adjacent to an activating group) is 1. The Labute approximate surface area is 147 Å². The minimum atomic E-state index is -0.510. The van der Waals surface area contributed by atoms with E-state index >= 15 is 0 Å². The molecule has 1 spiro atoms. The number of hydrogen-bond acceptors (Lipinski definition) is 3. The van der Waals surface area contributed by atoms with Crippen LogP contribution in [0.1, 0.15) is 28.4 Å². The first-order valence-electron chi connectivity index (χ1n) is 8.61. The van der Waals surface area contributed by atoms with Crippen LogP contribution in [0.3, 0.4) is 0 Å². The summed E-state index contributed by atoms with van der Waals surface area (Å²) in [7, 11) is 3.62. The molecule has 4 rings (SSSR count). The molecule has 2 fully saturated rings. The summed E-state index contributed by atoms with van der Waals surface area (Å²) in [5.74, 6) is 0.225. The molecule has 2 amide bonds. The largest absolute Gasteiger partial charge is 0.345 e. The number of amides is 2. The molecule has 25 heavy (non-hydrogen) atoms. The predicted octanol–water partition coefficient (Wildman–Crippen LogP) is 1.51. The second-order valence-electron chi connectivity index (χ2n) is 7.12. The molecule has 130 valence electrons. The molecule has 3 heterocycles. The van der Waals surface area contributed by atoms with Crippen LogP contribution in [0.15, 0.2) is 42.6 Å². The minimum Gasteiger partial charge on any atom is -0.345 e. The van der Waals surface area contributed by atoms with Gasteiger partial charge in [-0.3, -0.25) is 14.3 Å². The van der Waals surface area contributed by atoms with Crippen molar-refractivity contribution in [3.8, 4) is 0 Å². The lowest BCUT2D eigenvalue weighted by Gasteiger charge is -2.28. The molecule has 0 radical (unpaired) electrons. The highest BCUT2D eigenvalue weighted by molar-refractivity contribution is 5.94. The molecular weight excluding hydrogens is 316 g/mol. The number of aryl methyl sites for hydroxylation is 1. The first-order valence-corrected chi connectivity index (χ1v) is 8.61. The number of aromatic nitrogens is 2. The highest BCUT2D eigenvalue weighted by Gasteiger charge is 2.57. The number of nitrogens with zero attached hydrogens (tertiary/aromatic N) is 4. The molecule has 2 aromatic rings. The normalized spacial score (nSPS) is 26.0. The second kappa shape index (κ2) is 5.72. The van der Waals surface area contributed by atoms with Gasteiger partial charge < -0.3 is 9.80 Å². The van der Waals surface area contributed by atoms with Crippen LogP contribution in [0.4, 0.5) is 0 Å². The standard InChI is InChI=1S/C19H22N4O2/c1-21-12-15(14-6-4-3-5-7-14)19(18(21)25)9-11-23(13-19)17(24)16-8-10-20-22(16)2/h3-8,10,15H,9,11-13H2,1-2H3/t15-,19+/m0/s1. The van der Waals surface area contributed by atoms with Gasteiger partial charge in [0.25, 0.3) is 5.91 Å². The predicted molar refractivity (Wildman–Crippen MR) is 93.0 cm³/mol. The maximum Gasteiger partial charge on any atom is 0.272 e. The Morgan fingerprint density at radius 2 is 1.96 bits per heavy atom. The third-order valence-electron chi connectivity index (χ3n) is 5.73. The van der Waals surface area contributed by atoms with Crippen molar-refractivity contribution in [3.63, 3.8) is 0 Å². The highest BCUT2D eigenvalue weighted by atomic mass is 16.2. The zero-order valence-electron chi connectivity index (χ0n) is 14.6. The van der Waals surface area contributed by atoms with Crippen molar-refractivity contribution in [2.75, 3.05) is 26.7 Å². The Balaban J connectivity index is 1.65. The van der Waals surface area contributed by atoms with E-state index in [9.17, 15) is 9.59 Å². The van der Waals surface area contributed by atoms with Gasteiger partial charge in [0.2, 0.25) is 5.91 Å². The van der Waals surface area contributed by atoms with Crippen molar-refractivity contribution < 1.29 is 9.59 Å². The summed E-state index contributed by atoms with van der Waals surface area (Å²) in [6.07, 6.45) is 2.33. The molecule has 1 aromatic heterocycles. The molecular formula is C19H22N4O2. The van der Waals surface area contributed by atoms with Crippen molar-refractivity contribution in [1.29, 1.82) is 0 Å². The average Bonchev–Trinajstić information content (AvgIpc) is 3.31. The number of benzene rings is 1. The molecule has 2 atom stereocenters. The third kappa shape index (κ3) is 2.35. The number of carbonyl (C=O) groups excluding carboxylic acids is 2. The van der Waals surface area contributed by atoms with Gasteiger partial charge in [0.05, 0.1) is 5.41 Å². The number of rotatable bonds is 2. The molecule has 6 heteroatoms. The zero-order chi connectivity index (χ0) is 17.6. The van der Waals surface area contributed by atoms with Crippen molar-refractivity contribution in [3.05, 3.63) is 53.9 Å². The van der Waals surface area contributed by atoms with Crippen molar-refractivity contribution in [2.24, 2.45) is 12.5 Å². The third-order valence-corrected chi connectivity index (χ3v) is 5.73. The molecule has 0 aliphatic carbocycles. The fourth-order valence-electron chi connectivity index (χ4n) is 4.38. The van der Waals surface area contributed by atoms with Crippen LogP contribution >= 0.6 is 0 Å². The molecule has 2 saturated heterocycles. The molecule has 0 saturated carbocycles. The fourth-order valence-corrected chi connectivity index (χ4v) is 4.38. The molecule has 2 aliphatic rings. The number of carbonyl (C=O) groups is 2. The van der Waals surface area contributed by atoms with Crippen LogP contribution in [-0.4, -0.2) is 58.1 Å². The summed E-state index contributed by atoms with van der Waals surface area (Å²) in [6, 6.07) is 11.9. The van der Waals surface area contributed by atoms with Crippen LogP contribution in [-0.2, 0) is 11.8 Å². The first kappa shape index (κ1) is 15.9. The van der Waals surface area contributed by atoms with Gasteiger partial charge in [0.15, 0.2) is 0 Å². The van der Waals surface area contributed by atoms with Crippen LogP contribution in [0.2, 0.25) is 0 Å². The van der Waals surface area contributed by atoms with Crippen molar-refractivity contribution >= 4 is 11.8 Å². The topological polar surface area (TPSA) is 58.4 Å². The highest BCUT2D eigenvalue weighted by Crippen LogP contribution is 2.49. The van der Waals surface area contributed by atoms with Crippen LogP contribution in [0.25, 0.3) is 0 Å². The van der Waals surface area contributed by atoms with E-state index in [1.807, 2.05) is 35.0 Å². The molecule has 6 nitrogen and oxygen atoms in total. The van der Waals surface area contributed by atoms with E-state index < -0.39 is 5.41 Å². The van der Waals surface area contributed by atoms with Crippen LogP contribution in [0, 0.1) is 5.41 Å². The Bertz CT molecular complexity index is 816. The molecule has 0 N–H and O–H groups in total. The van der Waals surface area contributed by atoms with Crippen LogP contribution in [0.5, 0.6) is 0 Å². The fraction of sp³-hybridized carbons (Fsp3) is 0.421. The van der Waals surface area contributed by atoms with E-state index in [0.29, 0.717) is 31.7 Å². The van der Waals surface area contributed by atoms with Crippen LogP contribution < -0.4 is 0 Å². The lowest BCUT2D eigenvalue weighted by atomic mass is 9.73. The minimum absolute atomic E-state index is 0.0500. The summed E-state index contributed by atoms with van der Waals surface area (Å²) >= 11 is 0. The monoisotopic (exact) mass is 338 g/mol. The second-order valence-corrected chi connectivity index (χ2v) is 7.12. The van der Waals surface area contributed by atoms with Gasteiger partial charge in [0.1, 0.15) is 5.69 Å². The van der Waals surface area contributed by atoms with Gasteiger partial charge in [0, 0.05) is 45.8 Å². The van der Waals surface area contributed by atoms with Gasteiger partial charge in [-0.15, -0.1) is 0 Å². The van der Waals surface area contributed by atoms with E-state index in [1.165, 1.54) is 5.56 Å². The van der Waals surface area contributed by atoms with E-state index in [4.69, 9.17) is 0 Å².